The van der Waals surface area contributed by atoms with Crippen LogP contribution in [0.25, 0.3) is 15.9 Å². The molecular weight excluding hydrogens is 476 g/mol. The number of hydrogen-bond acceptors (Lipinski definition) is 8. The first-order valence-corrected chi connectivity index (χ1v) is 10.3. The van der Waals surface area contributed by atoms with Gasteiger partial charge in [0.2, 0.25) is 0 Å². The molecule has 0 aromatic carbocycles. The molecule has 2 atom stereocenters. The normalized spacial score (nSPS) is 21.0. The molecule has 14 heteroatoms. The predicted molar refractivity (Wildman–Crippen MR) is 125 cm³/mol. The molecule has 2 aromatic rings. The van der Waals surface area contributed by atoms with E-state index in [0.717, 1.165) is 4.90 Å². The zero-order valence-corrected chi connectivity index (χ0v) is 18.7. The third kappa shape index (κ3) is 6.89. The Labute approximate surface area is 215 Å². The van der Waals surface area contributed by atoms with Crippen molar-refractivity contribution in [3.63, 3.8) is 0 Å². The van der Waals surface area contributed by atoms with E-state index >= 15 is 0 Å². The summed E-state index contributed by atoms with van der Waals surface area (Å²) in [6.45, 7) is 1.17. The Morgan fingerprint density at radius 3 is 2.56 bits per heavy atom. The van der Waals surface area contributed by atoms with E-state index in [1.54, 1.807) is 6.07 Å². The molecule has 0 bridgehead atoms. The number of carbonyl (C=O) groups excluding carboxylic acids is 1. The van der Waals surface area contributed by atoms with Gasteiger partial charge in [-0.05, 0) is 18.4 Å². The summed E-state index contributed by atoms with van der Waals surface area (Å²) in [5.74, 6) is -6.65. The largest absolute Gasteiger partial charge is 0.481 e. The van der Waals surface area contributed by atoms with Crippen LogP contribution in [-0.2, 0) is 19.2 Å². The zero-order valence-electron chi connectivity index (χ0n) is 25.7. The van der Waals surface area contributed by atoms with Gasteiger partial charge >= 0.3 is 23.8 Å². The number of fused-ring (bicyclic) bond motifs is 1. The van der Waals surface area contributed by atoms with Gasteiger partial charge in [-0.25, -0.2) is 21.3 Å². The molecule has 194 valence electrons. The van der Waals surface area contributed by atoms with E-state index in [1.165, 1.54) is 11.1 Å². The molecule has 1 fully saturated rings. The number of nitrogens with one attached hydrogen (secondary N) is 1. The molecule has 0 unspecified atom stereocenters. The van der Waals surface area contributed by atoms with Gasteiger partial charge in [-0.3, -0.25) is 14.4 Å². The fourth-order valence-corrected chi connectivity index (χ4v) is 3.46. The van der Waals surface area contributed by atoms with Crippen LogP contribution in [0.15, 0.2) is 18.6 Å². The van der Waals surface area contributed by atoms with Gasteiger partial charge in [0.1, 0.15) is 19.1 Å². The fraction of sp³-hybridized carbons (Fsp3) is 0.500. The molecule has 0 aliphatic carbocycles. The first-order chi connectivity index (χ1) is 19.7. The summed E-state index contributed by atoms with van der Waals surface area (Å²) < 4.78 is 56.0. The Balaban J connectivity index is 0.000000420. The lowest BCUT2D eigenvalue weighted by molar-refractivity contribution is -0.170. The topological polar surface area (TPSA) is 202 Å². The molecule has 0 spiro atoms. The number of aromatic amines is 1. The van der Waals surface area contributed by atoms with E-state index < -0.39 is 80.9 Å². The number of hydrogen-bond donors (Lipinski definition) is 5. The number of likely N-dealkylation sites (N-methyl/N-ethyl adjacent to an activating group) is 1. The number of carboxylic acids is 3. The third-order valence-corrected chi connectivity index (χ3v) is 5.28. The van der Waals surface area contributed by atoms with Gasteiger partial charge < -0.3 is 40.1 Å². The number of carbonyl (C=O) groups is 4. The van der Waals surface area contributed by atoms with Crippen LogP contribution in [0, 0.1) is 12.5 Å². The second kappa shape index (κ2) is 11.9. The molecule has 1 amide bonds. The van der Waals surface area contributed by atoms with Crippen molar-refractivity contribution in [1.29, 1.82) is 0 Å². The highest BCUT2D eigenvalue weighted by Gasteiger charge is 2.40. The summed E-state index contributed by atoms with van der Waals surface area (Å²) in [6.07, 6.45) is -1.14. The maximum absolute atomic E-state index is 12.3. The van der Waals surface area contributed by atoms with Crippen molar-refractivity contribution in [1.82, 2.24) is 19.9 Å². The van der Waals surface area contributed by atoms with Crippen LogP contribution in [0.2, 0.25) is 0 Å². The van der Waals surface area contributed by atoms with Crippen LogP contribution < -0.4 is 4.90 Å². The molecule has 3 heterocycles. The lowest BCUT2D eigenvalue weighted by Gasteiger charge is -2.41. The van der Waals surface area contributed by atoms with Gasteiger partial charge in [-0.2, -0.15) is 0 Å². The lowest BCUT2D eigenvalue weighted by atomic mass is 9.92. The van der Waals surface area contributed by atoms with Crippen molar-refractivity contribution < 1.29 is 49.2 Å². The van der Waals surface area contributed by atoms with Gasteiger partial charge in [-0.1, -0.05) is 6.85 Å². The number of aliphatic carboxylic acids is 3. The summed E-state index contributed by atoms with van der Waals surface area (Å²) in [5.41, 5.74) is -2.49. The average Bonchev–Trinajstić information content (AvgIpc) is 3.30. The Kier molecular flexibility index (Phi) is 6.30. The van der Waals surface area contributed by atoms with E-state index in [9.17, 15) is 19.2 Å². The molecule has 3 rings (SSSR count). The minimum atomic E-state index is -2.80. The number of amides is 1. The molecule has 36 heavy (non-hydrogen) atoms. The van der Waals surface area contributed by atoms with Gasteiger partial charge in [0.05, 0.1) is 24.3 Å². The van der Waals surface area contributed by atoms with Crippen molar-refractivity contribution in [3.05, 3.63) is 30.0 Å². The number of likely N-dealkylation sites (tertiary alicyclic amines) is 1. The number of rotatable bonds is 8. The highest BCUT2D eigenvalue weighted by atomic mass is 16.4. The first-order valence-electron chi connectivity index (χ1n) is 13.8. The Morgan fingerprint density at radius 1 is 1.31 bits per heavy atom. The van der Waals surface area contributed by atoms with Gasteiger partial charge in [-0.15, -0.1) is 0 Å². The summed E-state index contributed by atoms with van der Waals surface area (Å²) in [5, 5.41) is 34.1. The van der Waals surface area contributed by atoms with Crippen molar-refractivity contribution in [2.45, 2.75) is 37.8 Å². The number of aromatic nitrogens is 3. The van der Waals surface area contributed by atoms with Crippen LogP contribution in [0.4, 0.5) is 5.82 Å². The number of H-pyrrole nitrogens is 1. The van der Waals surface area contributed by atoms with Crippen LogP contribution in [0.3, 0.4) is 0 Å². The predicted octanol–water partition coefficient (Wildman–Crippen LogP) is 0.302. The third-order valence-electron chi connectivity index (χ3n) is 5.28. The van der Waals surface area contributed by atoms with E-state index in [2.05, 4.69) is 19.8 Å². The average molecular weight is 512 g/mol. The number of anilines is 1. The lowest BCUT2D eigenvalue weighted by Crippen LogP contribution is -2.53. The summed E-state index contributed by atoms with van der Waals surface area (Å²) in [7, 11) is 0. The summed E-state index contributed by atoms with van der Waals surface area (Å²) in [4.78, 5) is 58.8. The monoisotopic (exact) mass is 511 g/mol. The second-order valence-electron chi connectivity index (χ2n) is 7.85. The molecule has 2 aromatic heterocycles. The van der Waals surface area contributed by atoms with Crippen LogP contribution in [0.5, 0.6) is 0 Å². The molecule has 14 nitrogen and oxygen atoms in total. The fourth-order valence-electron chi connectivity index (χ4n) is 3.46. The zero-order chi connectivity index (χ0) is 32.9. The highest BCUT2D eigenvalue weighted by Crippen LogP contribution is 2.28. The van der Waals surface area contributed by atoms with Crippen molar-refractivity contribution in [2.75, 3.05) is 31.5 Å². The molecule has 1 aliphatic rings. The highest BCUT2D eigenvalue weighted by molar-refractivity contribution is 5.88. The molecule has 0 radical (unpaired) electrons. The Morgan fingerprint density at radius 2 is 2.00 bits per heavy atom. The Hall–Kier alpha value is -4.25. The van der Waals surface area contributed by atoms with Crippen LogP contribution in [-0.4, -0.2) is 102 Å². The quantitative estimate of drug-likeness (QED) is 0.305. The van der Waals surface area contributed by atoms with Gasteiger partial charge in [0.25, 0.3) is 6.54 Å². The molecule has 1 saturated heterocycles. The maximum Gasteiger partial charge on any atom is 0.336 e. The SMILES string of the molecule is O=C(O)CC(O)(CC(=O)O)C(=O)O.[2H]c1nc(N([C@H]2CN(C(=O)C[N+]#[C-])CC[C@H]2C([2H])([2H])[2H])C([2H])([2H])[2H])c2cc[nH]c2n1. The van der Waals surface area contributed by atoms with Gasteiger partial charge in [0.15, 0.2) is 5.60 Å². The Bertz CT molecular complexity index is 1390. The van der Waals surface area contributed by atoms with Gasteiger partial charge in [0, 0.05) is 34.5 Å². The maximum atomic E-state index is 12.3. The number of carboxylic acid groups (broad SMARTS) is 3. The van der Waals surface area contributed by atoms with Crippen molar-refractivity contribution in [2.24, 2.45) is 5.92 Å². The van der Waals surface area contributed by atoms with Crippen LogP contribution in [0.1, 0.15) is 35.7 Å². The molecule has 5 N–H and O–H groups in total. The van der Waals surface area contributed by atoms with E-state index in [4.69, 9.17) is 36.6 Å². The van der Waals surface area contributed by atoms with Crippen molar-refractivity contribution >= 4 is 40.7 Å². The number of aliphatic hydroxyl groups is 1. The summed E-state index contributed by atoms with van der Waals surface area (Å²) in [6, 6.07) is 0.429. The molecule has 0 saturated carbocycles. The minimum Gasteiger partial charge on any atom is -0.481 e. The second-order valence-corrected chi connectivity index (χ2v) is 7.85. The van der Waals surface area contributed by atoms with Crippen molar-refractivity contribution in [3.8, 4) is 0 Å². The molecular formula is C22H28N6O8. The van der Waals surface area contributed by atoms with E-state index in [0.29, 0.717) is 5.39 Å². The smallest absolute Gasteiger partial charge is 0.336 e. The van der Waals surface area contributed by atoms with E-state index in [1.807, 2.05) is 0 Å². The molecule has 1 aliphatic heterocycles. The minimum absolute atomic E-state index is 0.0482. The van der Waals surface area contributed by atoms with E-state index in [-0.39, 0.29) is 31.0 Å². The first kappa shape index (κ1) is 19.0. The number of nitrogens with zero attached hydrogens (tertiary/aromatic N) is 5. The number of piperidine rings is 1. The summed E-state index contributed by atoms with van der Waals surface area (Å²) >= 11 is 0. The standard InChI is InChI=1S/C16H20N6O.C6H8O7/c1-11-5-7-22(14(23)8-17-2)9-13(11)21(3)16-12-4-6-18-15(12)19-10-20-16;7-3(8)1-6(13,5(11)12)2-4(9)10/h4,6,10-11,13H,5,7-9H2,1,3H3,(H,18,19,20);13H,1-2H2,(H,7,8)(H,9,10)(H,11,12)/t11-,13+;/m1./s1/i1D3,3D3,10D;. The van der Waals surface area contributed by atoms with Crippen LogP contribution >= 0.6 is 0 Å².